The smallest absolute Gasteiger partial charge is 0.317 e. The molecule has 0 aromatic carbocycles. The first kappa shape index (κ1) is 14.9. The number of aliphatic carboxylic acids is 1. The average Bonchev–Trinajstić information content (AvgIpc) is 2.37. The van der Waals surface area contributed by atoms with E-state index in [0.717, 1.165) is 6.42 Å². The Bertz CT molecular complexity index is 308. The van der Waals surface area contributed by atoms with Crippen molar-refractivity contribution in [1.29, 1.82) is 0 Å². The van der Waals surface area contributed by atoms with Crippen LogP contribution in [0.5, 0.6) is 0 Å². The van der Waals surface area contributed by atoms with Gasteiger partial charge < -0.3 is 15.7 Å². The summed E-state index contributed by atoms with van der Waals surface area (Å²) in [5.41, 5.74) is 5.19. The third kappa shape index (κ3) is 3.43. The molecular formula is C12H23N3O3. The molecular weight excluding hydrogens is 234 g/mol. The van der Waals surface area contributed by atoms with E-state index in [0.29, 0.717) is 32.7 Å². The molecule has 1 aliphatic rings. The summed E-state index contributed by atoms with van der Waals surface area (Å²) in [6, 6.07) is 0. The molecule has 1 atom stereocenters. The molecule has 0 bridgehead atoms. The Morgan fingerprint density at radius 3 is 2.22 bits per heavy atom. The predicted octanol–water partition coefficient (Wildman–Crippen LogP) is -0.410. The van der Waals surface area contributed by atoms with Crippen molar-refractivity contribution in [3.05, 3.63) is 0 Å². The van der Waals surface area contributed by atoms with Crippen molar-refractivity contribution in [1.82, 2.24) is 9.80 Å². The number of carbonyl (C=O) groups is 2. The van der Waals surface area contributed by atoms with E-state index in [1.165, 1.54) is 0 Å². The largest absolute Gasteiger partial charge is 0.480 e. The normalized spacial score (nSPS) is 20.5. The van der Waals surface area contributed by atoms with Crippen LogP contribution in [-0.4, -0.2) is 66.1 Å². The molecule has 1 saturated heterocycles. The maximum Gasteiger partial charge on any atom is 0.317 e. The summed E-state index contributed by atoms with van der Waals surface area (Å²) in [5, 5.41) is 8.71. The number of carboxylic acid groups (broad SMARTS) is 1. The number of rotatable bonds is 5. The van der Waals surface area contributed by atoms with Crippen molar-refractivity contribution in [3.8, 4) is 0 Å². The van der Waals surface area contributed by atoms with E-state index < -0.39 is 11.4 Å². The molecule has 0 spiro atoms. The van der Waals surface area contributed by atoms with Crippen LogP contribution in [0.1, 0.15) is 20.3 Å². The minimum absolute atomic E-state index is 0.0456. The van der Waals surface area contributed by atoms with Crippen LogP contribution < -0.4 is 5.73 Å². The highest BCUT2D eigenvalue weighted by Gasteiger charge is 2.35. The highest BCUT2D eigenvalue weighted by atomic mass is 16.4. The van der Waals surface area contributed by atoms with Crippen LogP contribution in [-0.2, 0) is 9.59 Å². The number of piperazine rings is 1. The molecule has 6 heteroatoms. The monoisotopic (exact) mass is 257 g/mol. The summed E-state index contributed by atoms with van der Waals surface area (Å²) in [7, 11) is 0. The minimum Gasteiger partial charge on any atom is -0.480 e. The van der Waals surface area contributed by atoms with Crippen LogP contribution in [0.25, 0.3) is 0 Å². The molecule has 0 radical (unpaired) electrons. The molecule has 3 N–H and O–H groups in total. The van der Waals surface area contributed by atoms with Gasteiger partial charge in [-0.3, -0.25) is 14.5 Å². The second-order valence-electron chi connectivity index (χ2n) is 5.08. The average molecular weight is 257 g/mol. The molecule has 1 unspecified atom stereocenters. The lowest BCUT2D eigenvalue weighted by molar-refractivity contribution is -0.143. The Hall–Kier alpha value is -1.14. The number of nitrogens with two attached hydrogens (primary N) is 1. The van der Waals surface area contributed by atoms with Gasteiger partial charge in [-0.05, 0) is 13.3 Å². The summed E-state index contributed by atoms with van der Waals surface area (Å²) in [6.45, 7) is 6.64. The number of carbonyl (C=O) groups excluding carboxylic acids is 1. The fourth-order valence-electron chi connectivity index (χ4n) is 2.06. The van der Waals surface area contributed by atoms with Gasteiger partial charge in [-0.1, -0.05) is 6.92 Å². The molecule has 1 heterocycles. The van der Waals surface area contributed by atoms with Gasteiger partial charge in [-0.25, -0.2) is 0 Å². The Morgan fingerprint density at radius 2 is 1.83 bits per heavy atom. The van der Waals surface area contributed by atoms with Gasteiger partial charge in [-0.15, -0.1) is 0 Å². The number of amides is 1. The third-order valence-corrected chi connectivity index (χ3v) is 3.77. The first-order chi connectivity index (χ1) is 8.42. The highest BCUT2D eigenvalue weighted by molar-refractivity contribution is 5.82. The molecule has 1 rings (SSSR count). The van der Waals surface area contributed by atoms with Gasteiger partial charge in [0.05, 0.1) is 12.0 Å². The lowest BCUT2D eigenvalue weighted by Gasteiger charge is -2.38. The maximum absolute atomic E-state index is 12.3. The molecule has 1 aliphatic heterocycles. The SMILES string of the molecule is CCC(C)(CN)C(=O)N1CCN(CC(=O)O)CC1. The van der Waals surface area contributed by atoms with Crippen molar-refractivity contribution < 1.29 is 14.7 Å². The number of hydrogen-bond donors (Lipinski definition) is 2. The fourth-order valence-corrected chi connectivity index (χ4v) is 2.06. The van der Waals surface area contributed by atoms with Crippen LogP contribution in [0.4, 0.5) is 0 Å². The maximum atomic E-state index is 12.3. The van der Waals surface area contributed by atoms with E-state index in [4.69, 9.17) is 10.8 Å². The predicted molar refractivity (Wildman–Crippen MR) is 68.1 cm³/mol. The van der Waals surface area contributed by atoms with Crippen LogP contribution >= 0.6 is 0 Å². The van der Waals surface area contributed by atoms with E-state index in [2.05, 4.69) is 0 Å². The summed E-state index contributed by atoms with van der Waals surface area (Å²) in [4.78, 5) is 26.6. The zero-order valence-corrected chi connectivity index (χ0v) is 11.2. The number of carboxylic acids is 1. The highest BCUT2D eigenvalue weighted by Crippen LogP contribution is 2.23. The Balaban J connectivity index is 2.52. The topological polar surface area (TPSA) is 86.9 Å². The molecule has 0 aliphatic carbocycles. The molecule has 1 amide bonds. The van der Waals surface area contributed by atoms with Crippen LogP contribution in [0, 0.1) is 5.41 Å². The summed E-state index contributed by atoms with van der Waals surface area (Å²) >= 11 is 0. The summed E-state index contributed by atoms with van der Waals surface area (Å²) in [5.74, 6) is -0.738. The van der Waals surface area contributed by atoms with Gasteiger partial charge >= 0.3 is 5.97 Å². The molecule has 104 valence electrons. The lowest BCUT2D eigenvalue weighted by atomic mass is 9.86. The van der Waals surface area contributed by atoms with Gasteiger partial charge in [0.1, 0.15) is 0 Å². The van der Waals surface area contributed by atoms with Gasteiger partial charge in [0.25, 0.3) is 0 Å². The third-order valence-electron chi connectivity index (χ3n) is 3.77. The van der Waals surface area contributed by atoms with Crippen molar-refractivity contribution in [3.63, 3.8) is 0 Å². The first-order valence-corrected chi connectivity index (χ1v) is 6.36. The Morgan fingerprint density at radius 1 is 1.28 bits per heavy atom. The van der Waals surface area contributed by atoms with Crippen LogP contribution in [0.3, 0.4) is 0 Å². The van der Waals surface area contributed by atoms with Crippen LogP contribution in [0.15, 0.2) is 0 Å². The van der Waals surface area contributed by atoms with E-state index in [-0.39, 0.29) is 12.5 Å². The zero-order chi connectivity index (χ0) is 13.8. The van der Waals surface area contributed by atoms with Gasteiger partial charge in [0.15, 0.2) is 0 Å². The molecule has 18 heavy (non-hydrogen) atoms. The first-order valence-electron chi connectivity index (χ1n) is 6.36. The fraction of sp³-hybridized carbons (Fsp3) is 0.833. The second kappa shape index (κ2) is 6.15. The van der Waals surface area contributed by atoms with E-state index in [1.807, 2.05) is 18.7 Å². The molecule has 1 fully saturated rings. The molecule has 0 saturated carbocycles. The quantitative estimate of drug-likeness (QED) is 0.699. The van der Waals surface area contributed by atoms with Crippen molar-refractivity contribution in [2.45, 2.75) is 20.3 Å². The standard InChI is InChI=1S/C12H23N3O3/c1-3-12(2,9-13)11(18)15-6-4-14(5-7-15)8-10(16)17/h3-9,13H2,1-2H3,(H,16,17). The van der Waals surface area contributed by atoms with Gasteiger partial charge in [-0.2, -0.15) is 0 Å². The zero-order valence-electron chi connectivity index (χ0n) is 11.2. The van der Waals surface area contributed by atoms with Crippen LogP contribution in [0.2, 0.25) is 0 Å². The Kier molecular flexibility index (Phi) is 5.10. The second-order valence-corrected chi connectivity index (χ2v) is 5.08. The number of hydrogen-bond acceptors (Lipinski definition) is 4. The summed E-state index contributed by atoms with van der Waals surface area (Å²) < 4.78 is 0. The number of nitrogens with zero attached hydrogens (tertiary/aromatic N) is 2. The van der Waals surface area contributed by atoms with Crippen molar-refractivity contribution in [2.75, 3.05) is 39.3 Å². The van der Waals surface area contributed by atoms with E-state index >= 15 is 0 Å². The van der Waals surface area contributed by atoms with E-state index in [1.54, 1.807) is 4.90 Å². The molecule has 0 aromatic heterocycles. The van der Waals surface area contributed by atoms with E-state index in [9.17, 15) is 9.59 Å². The Labute approximate surface area is 108 Å². The minimum atomic E-state index is -0.824. The molecule has 0 aromatic rings. The summed E-state index contributed by atoms with van der Waals surface area (Å²) in [6.07, 6.45) is 0.720. The van der Waals surface area contributed by atoms with Gasteiger partial charge in [0.2, 0.25) is 5.91 Å². The lowest BCUT2D eigenvalue weighted by Crippen LogP contribution is -2.54. The van der Waals surface area contributed by atoms with Crippen molar-refractivity contribution >= 4 is 11.9 Å². The van der Waals surface area contributed by atoms with Crippen molar-refractivity contribution in [2.24, 2.45) is 11.1 Å². The molecule has 6 nitrogen and oxygen atoms in total. The van der Waals surface area contributed by atoms with Gasteiger partial charge in [0, 0.05) is 32.7 Å².